The van der Waals surface area contributed by atoms with Gasteiger partial charge in [-0.05, 0) is 32.1 Å². The minimum Gasteiger partial charge on any atom is -0.396 e. The maximum Gasteiger partial charge on any atom is 0.0798 e. The highest BCUT2D eigenvalue weighted by molar-refractivity contribution is 7.09. The van der Waals surface area contributed by atoms with Gasteiger partial charge in [0, 0.05) is 24.1 Å². The predicted molar refractivity (Wildman–Crippen MR) is 61.9 cm³/mol. The van der Waals surface area contributed by atoms with Crippen LogP contribution in [0.3, 0.4) is 0 Å². The SMILES string of the molecule is Cc1ncsc1CNC(CCO)C1CC1. The minimum atomic E-state index is 0.288. The zero-order valence-corrected chi connectivity index (χ0v) is 9.89. The van der Waals surface area contributed by atoms with Crippen LogP contribution in [0, 0.1) is 12.8 Å². The van der Waals surface area contributed by atoms with E-state index in [1.165, 1.54) is 17.7 Å². The van der Waals surface area contributed by atoms with Crippen molar-refractivity contribution < 1.29 is 5.11 Å². The number of aryl methyl sites for hydroxylation is 1. The summed E-state index contributed by atoms with van der Waals surface area (Å²) in [6.07, 6.45) is 3.52. The van der Waals surface area contributed by atoms with E-state index in [0.29, 0.717) is 6.04 Å². The third kappa shape index (κ3) is 3.00. The maximum absolute atomic E-state index is 8.98. The van der Waals surface area contributed by atoms with Crippen molar-refractivity contribution in [1.29, 1.82) is 0 Å². The summed E-state index contributed by atoms with van der Waals surface area (Å²) in [4.78, 5) is 5.55. The van der Waals surface area contributed by atoms with Crippen molar-refractivity contribution in [3.63, 3.8) is 0 Å². The van der Waals surface area contributed by atoms with Gasteiger partial charge in [0.05, 0.1) is 11.2 Å². The predicted octanol–water partition coefficient (Wildman–Crippen LogP) is 1.70. The van der Waals surface area contributed by atoms with Gasteiger partial charge in [0.25, 0.3) is 0 Å². The molecule has 2 rings (SSSR count). The molecule has 1 unspecified atom stereocenters. The summed E-state index contributed by atoms with van der Waals surface area (Å²) in [5.41, 5.74) is 3.02. The average Bonchev–Trinajstić information content (AvgIpc) is 2.98. The smallest absolute Gasteiger partial charge is 0.0798 e. The van der Waals surface area contributed by atoms with Gasteiger partial charge in [-0.2, -0.15) is 0 Å². The van der Waals surface area contributed by atoms with Gasteiger partial charge in [0.1, 0.15) is 0 Å². The van der Waals surface area contributed by atoms with Crippen molar-refractivity contribution in [2.75, 3.05) is 6.61 Å². The summed E-state index contributed by atoms with van der Waals surface area (Å²) in [6.45, 7) is 3.24. The number of hydrogen-bond donors (Lipinski definition) is 2. The van der Waals surface area contributed by atoms with E-state index >= 15 is 0 Å². The second kappa shape index (κ2) is 5.05. The normalized spacial score (nSPS) is 18.0. The summed E-state index contributed by atoms with van der Waals surface area (Å²) in [5, 5.41) is 12.5. The molecule has 2 N–H and O–H groups in total. The molecule has 4 heteroatoms. The molecule has 84 valence electrons. The number of aliphatic hydroxyl groups excluding tert-OH is 1. The molecule has 1 aliphatic rings. The monoisotopic (exact) mass is 226 g/mol. The second-order valence-corrected chi connectivity index (χ2v) is 5.14. The molecule has 15 heavy (non-hydrogen) atoms. The molecule has 1 aromatic rings. The van der Waals surface area contributed by atoms with Gasteiger partial charge < -0.3 is 10.4 Å². The minimum absolute atomic E-state index is 0.288. The second-order valence-electron chi connectivity index (χ2n) is 4.20. The summed E-state index contributed by atoms with van der Waals surface area (Å²) >= 11 is 1.71. The summed E-state index contributed by atoms with van der Waals surface area (Å²) in [6, 6.07) is 0.497. The fourth-order valence-corrected chi connectivity index (χ4v) is 2.59. The van der Waals surface area contributed by atoms with Crippen LogP contribution >= 0.6 is 11.3 Å². The Morgan fingerprint density at radius 1 is 1.67 bits per heavy atom. The van der Waals surface area contributed by atoms with E-state index in [0.717, 1.165) is 24.6 Å². The number of nitrogens with one attached hydrogen (secondary N) is 1. The molecule has 0 aromatic carbocycles. The molecule has 1 aromatic heterocycles. The average molecular weight is 226 g/mol. The zero-order chi connectivity index (χ0) is 10.7. The molecule has 0 saturated heterocycles. The topological polar surface area (TPSA) is 45.2 Å². The molecule has 0 aliphatic heterocycles. The lowest BCUT2D eigenvalue weighted by atomic mass is 10.1. The summed E-state index contributed by atoms with van der Waals surface area (Å²) in [7, 11) is 0. The molecule has 1 fully saturated rings. The van der Waals surface area contributed by atoms with Crippen LogP contribution in [0.1, 0.15) is 29.8 Å². The Hall–Kier alpha value is -0.450. The van der Waals surface area contributed by atoms with Gasteiger partial charge in [-0.25, -0.2) is 4.98 Å². The zero-order valence-electron chi connectivity index (χ0n) is 9.07. The largest absolute Gasteiger partial charge is 0.396 e. The summed E-state index contributed by atoms with van der Waals surface area (Å²) < 4.78 is 0. The summed E-state index contributed by atoms with van der Waals surface area (Å²) in [5.74, 6) is 0.797. The Morgan fingerprint density at radius 3 is 3.00 bits per heavy atom. The van der Waals surface area contributed by atoms with Crippen molar-refractivity contribution in [2.24, 2.45) is 5.92 Å². The lowest BCUT2D eigenvalue weighted by molar-refractivity contribution is 0.256. The highest BCUT2D eigenvalue weighted by atomic mass is 32.1. The van der Waals surface area contributed by atoms with Crippen molar-refractivity contribution in [3.8, 4) is 0 Å². The highest BCUT2D eigenvalue weighted by Crippen LogP contribution is 2.34. The molecule has 1 atom stereocenters. The number of aliphatic hydroxyl groups is 1. The molecule has 0 bridgehead atoms. The molecular formula is C11H18N2OS. The van der Waals surface area contributed by atoms with Crippen LogP contribution in [0.25, 0.3) is 0 Å². The van der Waals surface area contributed by atoms with Crippen LogP contribution in [0.4, 0.5) is 0 Å². The first-order chi connectivity index (χ1) is 7.31. The van der Waals surface area contributed by atoms with Crippen LogP contribution in [0.5, 0.6) is 0 Å². The number of rotatable bonds is 6. The molecule has 3 nitrogen and oxygen atoms in total. The molecule has 1 heterocycles. The molecular weight excluding hydrogens is 208 g/mol. The fraction of sp³-hybridized carbons (Fsp3) is 0.727. The van der Waals surface area contributed by atoms with Gasteiger partial charge in [0.15, 0.2) is 0 Å². The lowest BCUT2D eigenvalue weighted by Gasteiger charge is -2.16. The molecule has 1 aliphatic carbocycles. The maximum atomic E-state index is 8.98. The number of nitrogens with zero attached hydrogens (tertiary/aromatic N) is 1. The van der Waals surface area contributed by atoms with Gasteiger partial charge >= 0.3 is 0 Å². The first-order valence-electron chi connectivity index (χ1n) is 5.54. The van der Waals surface area contributed by atoms with Crippen LogP contribution in [-0.4, -0.2) is 22.7 Å². The van der Waals surface area contributed by atoms with E-state index in [1.54, 1.807) is 11.3 Å². The number of thiazole rings is 1. The van der Waals surface area contributed by atoms with E-state index in [-0.39, 0.29) is 6.61 Å². The van der Waals surface area contributed by atoms with E-state index in [4.69, 9.17) is 5.11 Å². The highest BCUT2D eigenvalue weighted by Gasteiger charge is 2.30. The molecule has 0 radical (unpaired) electrons. The Bertz CT molecular complexity index is 309. The Kier molecular flexibility index (Phi) is 3.72. The first kappa shape index (κ1) is 11.0. The molecule has 0 amide bonds. The first-order valence-corrected chi connectivity index (χ1v) is 6.42. The van der Waals surface area contributed by atoms with E-state index in [9.17, 15) is 0 Å². The van der Waals surface area contributed by atoms with Gasteiger partial charge in [0.2, 0.25) is 0 Å². The van der Waals surface area contributed by atoms with Crippen LogP contribution in [-0.2, 0) is 6.54 Å². The third-order valence-electron chi connectivity index (χ3n) is 3.00. The van der Waals surface area contributed by atoms with E-state index in [2.05, 4.69) is 10.3 Å². The van der Waals surface area contributed by atoms with Gasteiger partial charge in [-0.1, -0.05) is 0 Å². The van der Waals surface area contributed by atoms with Crippen LogP contribution in [0.15, 0.2) is 5.51 Å². The quantitative estimate of drug-likeness (QED) is 0.776. The Labute approximate surface area is 94.5 Å². The van der Waals surface area contributed by atoms with Crippen molar-refractivity contribution in [3.05, 3.63) is 16.1 Å². The number of aromatic nitrogens is 1. The van der Waals surface area contributed by atoms with E-state index in [1.807, 2.05) is 12.4 Å². The van der Waals surface area contributed by atoms with Crippen LogP contribution < -0.4 is 5.32 Å². The molecule has 1 saturated carbocycles. The fourth-order valence-electron chi connectivity index (χ4n) is 1.86. The van der Waals surface area contributed by atoms with Crippen molar-refractivity contribution in [2.45, 2.75) is 38.8 Å². The van der Waals surface area contributed by atoms with Crippen molar-refractivity contribution in [1.82, 2.24) is 10.3 Å². The van der Waals surface area contributed by atoms with Crippen molar-refractivity contribution >= 4 is 11.3 Å². The number of hydrogen-bond acceptors (Lipinski definition) is 4. The third-order valence-corrected chi connectivity index (χ3v) is 3.94. The Balaban J connectivity index is 1.82. The van der Waals surface area contributed by atoms with E-state index < -0.39 is 0 Å². The van der Waals surface area contributed by atoms with Crippen LogP contribution in [0.2, 0.25) is 0 Å². The van der Waals surface area contributed by atoms with Gasteiger partial charge in [-0.15, -0.1) is 11.3 Å². The van der Waals surface area contributed by atoms with Gasteiger partial charge in [-0.3, -0.25) is 0 Å². The lowest BCUT2D eigenvalue weighted by Crippen LogP contribution is -2.31. The Morgan fingerprint density at radius 2 is 2.47 bits per heavy atom. The molecule has 0 spiro atoms. The standard InChI is InChI=1S/C11H18N2OS/c1-8-11(15-7-13-8)6-12-10(4-5-14)9-2-3-9/h7,9-10,12,14H,2-6H2,1H3.